The number of fused-ring (bicyclic) bond motifs is 1. The summed E-state index contributed by atoms with van der Waals surface area (Å²) in [5, 5.41) is 5.48. The first-order valence-corrected chi connectivity index (χ1v) is 9.08. The molecule has 2 amide bonds. The van der Waals surface area contributed by atoms with Gasteiger partial charge in [0.05, 0.1) is 5.25 Å². The van der Waals surface area contributed by atoms with Gasteiger partial charge in [0.2, 0.25) is 5.91 Å². The van der Waals surface area contributed by atoms with Gasteiger partial charge in [-0.25, -0.2) is 0 Å². The third-order valence-electron chi connectivity index (χ3n) is 3.79. The normalized spacial score (nSPS) is 15.3. The van der Waals surface area contributed by atoms with Crippen molar-refractivity contribution in [2.24, 2.45) is 0 Å². The van der Waals surface area contributed by atoms with Gasteiger partial charge in [0.1, 0.15) is 5.75 Å². The Labute approximate surface area is 151 Å². The van der Waals surface area contributed by atoms with E-state index in [4.69, 9.17) is 4.74 Å². The average molecular weight is 356 g/mol. The van der Waals surface area contributed by atoms with Crippen LogP contribution in [-0.4, -0.2) is 30.2 Å². The van der Waals surface area contributed by atoms with E-state index in [0.29, 0.717) is 18.0 Å². The third-order valence-corrected chi connectivity index (χ3v) is 5.10. The Morgan fingerprint density at radius 3 is 2.84 bits per heavy atom. The predicted octanol–water partition coefficient (Wildman–Crippen LogP) is 2.86. The topological polar surface area (TPSA) is 67.4 Å². The second-order valence-corrected chi connectivity index (χ2v) is 6.92. The first-order valence-electron chi connectivity index (χ1n) is 8.20. The fourth-order valence-corrected chi connectivity index (χ4v) is 3.81. The minimum Gasteiger partial charge on any atom is -0.484 e. The van der Waals surface area contributed by atoms with E-state index in [1.165, 1.54) is 10.5 Å². The van der Waals surface area contributed by atoms with Gasteiger partial charge in [-0.2, -0.15) is 0 Å². The van der Waals surface area contributed by atoms with Crippen LogP contribution in [0.4, 0.5) is 5.69 Å². The largest absolute Gasteiger partial charge is 0.484 e. The predicted molar refractivity (Wildman–Crippen MR) is 99.0 cm³/mol. The van der Waals surface area contributed by atoms with Crippen molar-refractivity contribution in [3.05, 3.63) is 54.1 Å². The Kier molecular flexibility index (Phi) is 5.60. The number of carbonyl (C=O) groups is 2. The van der Waals surface area contributed by atoms with Crippen molar-refractivity contribution < 1.29 is 14.3 Å². The van der Waals surface area contributed by atoms with Gasteiger partial charge < -0.3 is 15.4 Å². The summed E-state index contributed by atoms with van der Waals surface area (Å²) < 4.78 is 5.45. The number of hydrogen-bond acceptors (Lipinski definition) is 4. The van der Waals surface area contributed by atoms with Crippen molar-refractivity contribution in [1.82, 2.24) is 5.32 Å². The SMILES string of the molecule is CCNC(=O)COc1cccc(NC(=O)C2Cc3ccccc3S2)c1. The zero-order chi connectivity index (χ0) is 17.6. The summed E-state index contributed by atoms with van der Waals surface area (Å²) in [6.07, 6.45) is 0.736. The maximum Gasteiger partial charge on any atom is 0.257 e. The molecule has 0 radical (unpaired) electrons. The first kappa shape index (κ1) is 17.4. The lowest BCUT2D eigenvalue weighted by Crippen LogP contribution is -2.28. The molecule has 1 heterocycles. The monoisotopic (exact) mass is 356 g/mol. The summed E-state index contributed by atoms with van der Waals surface area (Å²) >= 11 is 1.59. The van der Waals surface area contributed by atoms with Crippen LogP contribution in [-0.2, 0) is 16.0 Å². The van der Waals surface area contributed by atoms with Crippen molar-refractivity contribution in [1.29, 1.82) is 0 Å². The zero-order valence-electron chi connectivity index (χ0n) is 14.0. The lowest BCUT2D eigenvalue weighted by atomic mass is 10.1. The molecule has 0 fully saturated rings. The highest BCUT2D eigenvalue weighted by atomic mass is 32.2. The number of likely N-dealkylation sites (N-methyl/N-ethyl adjacent to an activating group) is 1. The van der Waals surface area contributed by atoms with Gasteiger partial charge in [0.25, 0.3) is 5.91 Å². The summed E-state index contributed by atoms with van der Waals surface area (Å²) in [6, 6.07) is 15.2. The molecule has 2 aromatic rings. The van der Waals surface area contributed by atoms with Gasteiger partial charge >= 0.3 is 0 Å². The number of nitrogens with one attached hydrogen (secondary N) is 2. The molecule has 2 N–H and O–H groups in total. The lowest BCUT2D eigenvalue weighted by molar-refractivity contribution is -0.123. The Morgan fingerprint density at radius 1 is 1.20 bits per heavy atom. The Morgan fingerprint density at radius 2 is 2.04 bits per heavy atom. The first-order chi connectivity index (χ1) is 12.2. The molecule has 0 aromatic heterocycles. The quantitative estimate of drug-likeness (QED) is 0.835. The molecule has 5 nitrogen and oxygen atoms in total. The van der Waals surface area contributed by atoms with Crippen molar-refractivity contribution in [2.75, 3.05) is 18.5 Å². The van der Waals surface area contributed by atoms with E-state index in [0.717, 1.165) is 6.42 Å². The van der Waals surface area contributed by atoms with E-state index in [-0.39, 0.29) is 23.7 Å². The van der Waals surface area contributed by atoms with Crippen LogP contribution >= 0.6 is 11.8 Å². The molecule has 130 valence electrons. The molecule has 1 aliphatic heterocycles. The second kappa shape index (κ2) is 8.07. The minimum absolute atomic E-state index is 0.0259. The van der Waals surface area contributed by atoms with Crippen LogP contribution in [0.15, 0.2) is 53.4 Å². The Hall–Kier alpha value is -2.47. The minimum atomic E-state index is -0.169. The Bertz CT molecular complexity index is 754. The molecule has 0 aliphatic carbocycles. The fraction of sp³-hybridized carbons (Fsp3) is 0.263. The van der Waals surface area contributed by atoms with Crippen LogP contribution in [0.3, 0.4) is 0 Å². The van der Waals surface area contributed by atoms with E-state index in [1.807, 2.05) is 31.2 Å². The molecule has 25 heavy (non-hydrogen) atoms. The molecule has 3 rings (SSSR count). The van der Waals surface area contributed by atoms with Crippen LogP contribution in [0, 0.1) is 0 Å². The van der Waals surface area contributed by atoms with E-state index in [1.54, 1.807) is 30.0 Å². The van der Waals surface area contributed by atoms with Crippen molar-refractivity contribution in [2.45, 2.75) is 23.5 Å². The zero-order valence-corrected chi connectivity index (χ0v) is 14.8. The van der Waals surface area contributed by atoms with Crippen LogP contribution in [0.25, 0.3) is 0 Å². The lowest BCUT2D eigenvalue weighted by Gasteiger charge is -2.11. The average Bonchev–Trinajstić information content (AvgIpc) is 3.05. The molecule has 6 heteroatoms. The van der Waals surface area contributed by atoms with Gasteiger partial charge in [0.15, 0.2) is 6.61 Å². The highest BCUT2D eigenvalue weighted by Gasteiger charge is 2.27. The number of benzene rings is 2. The number of ether oxygens (including phenoxy) is 1. The summed E-state index contributed by atoms with van der Waals surface area (Å²) in [5.41, 5.74) is 1.88. The summed E-state index contributed by atoms with van der Waals surface area (Å²) in [5.74, 6) is 0.352. The highest BCUT2D eigenvalue weighted by Crippen LogP contribution is 2.37. The van der Waals surface area contributed by atoms with Crippen molar-refractivity contribution >= 4 is 29.3 Å². The molecular formula is C19H20N2O3S. The van der Waals surface area contributed by atoms with E-state index in [2.05, 4.69) is 16.7 Å². The number of carbonyl (C=O) groups excluding carboxylic acids is 2. The molecular weight excluding hydrogens is 336 g/mol. The molecule has 1 unspecified atom stereocenters. The van der Waals surface area contributed by atoms with E-state index >= 15 is 0 Å². The molecule has 2 aromatic carbocycles. The van der Waals surface area contributed by atoms with Gasteiger partial charge in [-0.1, -0.05) is 24.3 Å². The Balaban J connectivity index is 1.57. The molecule has 1 aliphatic rings. The molecule has 1 atom stereocenters. The van der Waals surface area contributed by atoms with Gasteiger partial charge in [-0.15, -0.1) is 11.8 Å². The van der Waals surface area contributed by atoms with Crippen LogP contribution < -0.4 is 15.4 Å². The maximum atomic E-state index is 12.5. The van der Waals surface area contributed by atoms with Crippen LogP contribution in [0.1, 0.15) is 12.5 Å². The second-order valence-electron chi connectivity index (χ2n) is 5.68. The summed E-state index contributed by atoms with van der Waals surface area (Å²) in [6.45, 7) is 2.38. The van der Waals surface area contributed by atoms with Gasteiger partial charge in [-0.05, 0) is 37.1 Å². The number of hydrogen-bond donors (Lipinski definition) is 2. The number of anilines is 1. The molecule has 0 saturated carbocycles. The van der Waals surface area contributed by atoms with E-state index < -0.39 is 0 Å². The van der Waals surface area contributed by atoms with Crippen molar-refractivity contribution in [3.8, 4) is 5.75 Å². The number of amides is 2. The smallest absolute Gasteiger partial charge is 0.257 e. The summed E-state index contributed by atoms with van der Waals surface area (Å²) in [7, 11) is 0. The highest BCUT2D eigenvalue weighted by molar-refractivity contribution is 8.01. The molecule has 0 bridgehead atoms. The third kappa shape index (κ3) is 4.54. The maximum absolute atomic E-state index is 12.5. The van der Waals surface area contributed by atoms with Gasteiger partial charge in [-0.3, -0.25) is 9.59 Å². The summed E-state index contributed by atoms with van der Waals surface area (Å²) in [4.78, 5) is 25.1. The van der Waals surface area contributed by atoms with Gasteiger partial charge in [0, 0.05) is 23.2 Å². The van der Waals surface area contributed by atoms with Crippen molar-refractivity contribution in [3.63, 3.8) is 0 Å². The number of thioether (sulfide) groups is 1. The van der Waals surface area contributed by atoms with Crippen LogP contribution in [0.5, 0.6) is 5.75 Å². The molecule has 0 spiro atoms. The molecule has 0 saturated heterocycles. The van der Waals surface area contributed by atoms with Crippen LogP contribution in [0.2, 0.25) is 0 Å². The number of rotatable bonds is 6. The van der Waals surface area contributed by atoms with E-state index in [9.17, 15) is 9.59 Å². The fourth-order valence-electron chi connectivity index (χ4n) is 2.61. The standard InChI is InChI=1S/C19H20N2O3S/c1-2-20-18(22)12-24-15-8-5-7-14(11-15)21-19(23)17-10-13-6-3-4-9-16(13)25-17/h3-9,11,17H,2,10,12H2,1H3,(H,20,22)(H,21,23).